The Balaban J connectivity index is 1.48. The summed E-state index contributed by atoms with van der Waals surface area (Å²) < 4.78 is 3.35. The number of aryl methyl sites for hydroxylation is 1. The first kappa shape index (κ1) is 18.6. The maximum Gasteiger partial charge on any atom is 0.265 e. The Labute approximate surface area is 176 Å². The minimum Gasteiger partial charge on any atom is -0.326 e. The number of para-hydroxylation sites is 2. The van der Waals surface area contributed by atoms with Gasteiger partial charge in [-0.2, -0.15) is 5.10 Å². The van der Waals surface area contributed by atoms with E-state index in [9.17, 15) is 9.59 Å². The number of carbonyl (C=O) groups excluding carboxylic acids is 1. The first-order valence-electron chi connectivity index (χ1n) is 9.66. The van der Waals surface area contributed by atoms with E-state index in [2.05, 4.69) is 10.4 Å². The van der Waals surface area contributed by atoms with E-state index in [1.165, 1.54) is 11.8 Å². The van der Waals surface area contributed by atoms with Crippen molar-refractivity contribution >= 4 is 34.4 Å². The molecule has 1 aliphatic rings. The molecule has 30 heavy (non-hydrogen) atoms. The normalized spacial score (nSPS) is 15.3. The van der Waals surface area contributed by atoms with Crippen molar-refractivity contribution < 1.29 is 4.79 Å². The molecule has 0 fully saturated rings. The minimum absolute atomic E-state index is 0.123. The van der Waals surface area contributed by atoms with Crippen molar-refractivity contribution in [2.24, 2.45) is 0 Å². The number of benzene rings is 2. The lowest BCUT2D eigenvalue weighted by molar-refractivity contribution is -0.116. The molecular formula is C22H19N5O2S. The molecule has 0 radical (unpaired) electrons. The summed E-state index contributed by atoms with van der Waals surface area (Å²) in [6, 6.07) is 16.9. The summed E-state index contributed by atoms with van der Waals surface area (Å²) >= 11 is 1.50. The first-order valence-corrected chi connectivity index (χ1v) is 10.6. The summed E-state index contributed by atoms with van der Waals surface area (Å²) in [5.74, 6) is 0.511. The third-order valence-electron chi connectivity index (χ3n) is 5.19. The minimum atomic E-state index is -0.236. The number of anilines is 1. The van der Waals surface area contributed by atoms with Crippen molar-refractivity contribution in [1.29, 1.82) is 0 Å². The molecular weight excluding hydrogens is 398 g/mol. The van der Waals surface area contributed by atoms with E-state index in [1.807, 2.05) is 61.5 Å². The Hall–Kier alpha value is -3.39. The van der Waals surface area contributed by atoms with Crippen LogP contribution in [0.3, 0.4) is 0 Å². The van der Waals surface area contributed by atoms with Crippen LogP contribution >= 0.6 is 11.8 Å². The predicted octanol–water partition coefficient (Wildman–Crippen LogP) is 3.57. The molecule has 0 spiro atoms. The quantitative estimate of drug-likeness (QED) is 0.514. The number of hydrogen-bond donors (Lipinski definition) is 1. The SMILES string of the molecule is Cc1ccccc1-n1ncc2c(=O)n3c(nc21)SCC3CC(=O)Nc1ccccc1. The smallest absolute Gasteiger partial charge is 0.265 e. The number of thioether (sulfide) groups is 1. The molecule has 5 rings (SSSR count). The van der Waals surface area contributed by atoms with Gasteiger partial charge >= 0.3 is 0 Å². The van der Waals surface area contributed by atoms with Crippen LogP contribution in [0.1, 0.15) is 18.0 Å². The van der Waals surface area contributed by atoms with Crippen molar-refractivity contribution in [3.8, 4) is 5.69 Å². The molecule has 2 aromatic carbocycles. The summed E-state index contributed by atoms with van der Waals surface area (Å²) in [6.45, 7) is 2.00. The number of fused-ring (bicyclic) bond motifs is 2. The lowest BCUT2D eigenvalue weighted by Crippen LogP contribution is -2.27. The van der Waals surface area contributed by atoms with Gasteiger partial charge in [0.25, 0.3) is 5.56 Å². The molecule has 4 aromatic rings. The number of amides is 1. The number of hydrogen-bond acceptors (Lipinski definition) is 5. The Kier molecular flexibility index (Phi) is 4.63. The molecule has 1 atom stereocenters. The zero-order valence-corrected chi connectivity index (χ0v) is 17.1. The zero-order valence-electron chi connectivity index (χ0n) is 16.3. The average molecular weight is 417 g/mol. The number of aromatic nitrogens is 4. The van der Waals surface area contributed by atoms with Crippen LogP contribution in [0, 0.1) is 6.92 Å². The topological polar surface area (TPSA) is 81.8 Å². The molecule has 2 aromatic heterocycles. The van der Waals surface area contributed by atoms with E-state index in [0.29, 0.717) is 21.9 Å². The summed E-state index contributed by atoms with van der Waals surface area (Å²) in [6.07, 6.45) is 1.78. The molecule has 1 unspecified atom stereocenters. The Morgan fingerprint density at radius 2 is 1.93 bits per heavy atom. The highest BCUT2D eigenvalue weighted by atomic mass is 32.2. The summed E-state index contributed by atoms with van der Waals surface area (Å²) in [5.41, 5.74) is 3.08. The van der Waals surface area contributed by atoms with Gasteiger partial charge < -0.3 is 5.32 Å². The molecule has 1 aliphatic heterocycles. The molecule has 7 nitrogen and oxygen atoms in total. The second-order valence-corrected chi connectivity index (χ2v) is 8.22. The molecule has 0 saturated carbocycles. The lowest BCUT2D eigenvalue weighted by atomic mass is 10.2. The van der Waals surface area contributed by atoms with Crippen molar-refractivity contribution in [3.05, 3.63) is 76.7 Å². The number of nitrogens with zero attached hydrogens (tertiary/aromatic N) is 4. The predicted molar refractivity (Wildman–Crippen MR) is 117 cm³/mol. The van der Waals surface area contributed by atoms with Crippen LogP contribution in [0.4, 0.5) is 5.69 Å². The fourth-order valence-corrected chi connectivity index (χ4v) is 4.84. The molecule has 1 N–H and O–H groups in total. The van der Waals surface area contributed by atoms with Crippen LogP contribution in [-0.4, -0.2) is 31.0 Å². The van der Waals surface area contributed by atoms with Crippen LogP contribution in [0.2, 0.25) is 0 Å². The van der Waals surface area contributed by atoms with Gasteiger partial charge in [0.05, 0.1) is 17.9 Å². The van der Waals surface area contributed by atoms with Crippen LogP contribution in [-0.2, 0) is 4.79 Å². The molecule has 3 heterocycles. The van der Waals surface area contributed by atoms with Crippen molar-refractivity contribution in [2.45, 2.75) is 24.5 Å². The van der Waals surface area contributed by atoms with Gasteiger partial charge in [-0.25, -0.2) is 9.67 Å². The van der Waals surface area contributed by atoms with Gasteiger partial charge in [-0.15, -0.1) is 0 Å². The highest BCUT2D eigenvalue weighted by Crippen LogP contribution is 2.33. The van der Waals surface area contributed by atoms with Gasteiger partial charge in [-0.3, -0.25) is 14.2 Å². The number of carbonyl (C=O) groups is 1. The van der Waals surface area contributed by atoms with E-state index >= 15 is 0 Å². The van der Waals surface area contributed by atoms with E-state index < -0.39 is 0 Å². The van der Waals surface area contributed by atoms with Gasteiger partial charge in [0.2, 0.25) is 5.91 Å². The van der Waals surface area contributed by atoms with Gasteiger partial charge in [0.1, 0.15) is 5.39 Å². The van der Waals surface area contributed by atoms with Gasteiger partial charge in [-0.1, -0.05) is 48.2 Å². The van der Waals surface area contributed by atoms with E-state index in [0.717, 1.165) is 16.9 Å². The van der Waals surface area contributed by atoms with Gasteiger partial charge in [-0.05, 0) is 30.7 Å². The number of nitrogens with one attached hydrogen (secondary N) is 1. The second-order valence-electron chi connectivity index (χ2n) is 7.23. The Morgan fingerprint density at radius 3 is 2.73 bits per heavy atom. The number of rotatable bonds is 4. The zero-order chi connectivity index (χ0) is 20.7. The van der Waals surface area contributed by atoms with Crippen LogP contribution in [0.15, 0.2) is 70.7 Å². The average Bonchev–Trinajstić information content (AvgIpc) is 3.34. The van der Waals surface area contributed by atoms with E-state index in [1.54, 1.807) is 15.4 Å². The lowest BCUT2D eigenvalue weighted by Gasteiger charge is -2.13. The second kappa shape index (κ2) is 7.46. The largest absolute Gasteiger partial charge is 0.326 e. The summed E-state index contributed by atoms with van der Waals surface area (Å²) in [4.78, 5) is 30.5. The van der Waals surface area contributed by atoms with Crippen LogP contribution in [0.25, 0.3) is 16.7 Å². The maximum atomic E-state index is 13.2. The van der Waals surface area contributed by atoms with E-state index in [-0.39, 0.29) is 23.9 Å². The van der Waals surface area contributed by atoms with E-state index in [4.69, 9.17) is 4.98 Å². The summed E-state index contributed by atoms with van der Waals surface area (Å²) in [7, 11) is 0. The highest BCUT2D eigenvalue weighted by molar-refractivity contribution is 7.99. The monoisotopic (exact) mass is 417 g/mol. The van der Waals surface area contributed by atoms with Crippen molar-refractivity contribution in [2.75, 3.05) is 11.1 Å². The van der Waals surface area contributed by atoms with Gasteiger partial charge in [0, 0.05) is 17.9 Å². The molecule has 0 bridgehead atoms. The fourth-order valence-electron chi connectivity index (χ4n) is 3.71. The molecule has 8 heteroatoms. The maximum absolute atomic E-state index is 13.2. The first-order chi connectivity index (χ1) is 14.6. The van der Waals surface area contributed by atoms with Crippen LogP contribution in [0.5, 0.6) is 0 Å². The molecule has 0 saturated heterocycles. The Bertz CT molecular complexity index is 1310. The van der Waals surface area contributed by atoms with Crippen LogP contribution < -0.4 is 10.9 Å². The fraction of sp³-hybridized carbons (Fsp3) is 0.182. The highest BCUT2D eigenvalue weighted by Gasteiger charge is 2.29. The van der Waals surface area contributed by atoms with Crippen molar-refractivity contribution in [1.82, 2.24) is 19.3 Å². The molecule has 150 valence electrons. The summed E-state index contributed by atoms with van der Waals surface area (Å²) in [5, 5.41) is 8.39. The standard InChI is InChI=1S/C22H19N5O2S/c1-14-7-5-6-10-18(14)27-20-17(12-23-27)21(29)26-16(13-30-22(26)25-20)11-19(28)24-15-8-3-2-4-9-15/h2-10,12,16H,11,13H2,1H3,(H,24,28). The molecule has 0 aliphatic carbocycles. The third kappa shape index (κ3) is 3.19. The third-order valence-corrected chi connectivity index (χ3v) is 6.29. The van der Waals surface area contributed by atoms with Gasteiger partial charge in [0.15, 0.2) is 10.8 Å². The Morgan fingerprint density at radius 1 is 1.17 bits per heavy atom. The van der Waals surface area contributed by atoms with Crippen molar-refractivity contribution in [3.63, 3.8) is 0 Å². The molecule has 1 amide bonds.